The van der Waals surface area contributed by atoms with Crippen molar-refractivity contribution in [2.45, 2.75) is 18.9 Å². The van der Waals surface area contributed by atoms with E-state index in [-0.39, 0.29) is 12.8 Å². The highest BCUT2D eigenvalue weighted by Gasteiger charge is 2.30. The number of nitrogens with two attached hydrogens (primary N) is 1. The average molecular weight is 334 g/mol. The summed E-state index contributed by atoms with van der Waals surface area (Å²) in [5.74, 6) is 2.83. The monoisotopic (exact) mass is 334 g/mol. The second-order valence-corrected chi connectivity index (χ2v) is 6.39. The first-order chi connectivity index (χ1) is 12.3. The number of aromatic nitrogens is 2. The summed E-state index contributed by atoms with van der Waals surface area (Å²) in [6.07, 6.45) is 2.14. The maximum absolute atomic E-state index is 6.17. The molecule has 5 rings (SSSR count). The minimum absolute atomic E-state index is 0.218. The molecule has 2 aliphatic rings. The molecule has 0 radical (unpaired) electrons. The Morgan fingerprint density at radius 3 is 2.88 bits per heavy atom. The zero-order valence-electron chi connectivity index (χ0n) is 13.7. The highest BCUT2D eigenvalue weighted by molar-refractivity contribution is 5.88. The van der Waals surface area contributed by atoms with E-state index < -0.39 is 0 Å². The number of hydrogen-bond donors (Lipinski definition) is 1. The van der Waals surface area contributed by atoms with Gasteiger partial charge < -0.3 is 20.1 Å². The molecular weight excluding hydrogens is 316 g/mol. The molecule has 0 bridgehead atoms. The fourth-order valence-corrected chi connectivity index (χ4v) is 3.69. The Balaban J connectivity index is 1.55. The zero-order chi connectivity index (χ0) is 16.8. The van der Waals surface area contributed by atoms with Gasteiger partial charge >= 0.3 is 0 Å². The van der Waals surface area contributed by atoms with Crippen LogP contribution in [-0.2, 0) is 0 Å². The Bertz CT molecular complexity index is 959. The number of para-hydroxylation sites is 1. The van der Waals surface area contributed by atoms with E-state index in [2.05, 4.69) is 22.0 Å². The van der Waals surface area contributed by atoms with E-state index >= 15 is 0 Å². The van der Waals surface area contributed by atoms with E-state index in [1.54, 1.807) is 0 Å². The lowest BCUT2D eigenvalue weighted by Gasteiger charge is -2.25. The van der Waals surface area contributed by atoms with Crippen LogP contribution < -0.4 is 20.1 Å². The maximum atomic E-state index is 6.17. The normalized spacial score (nSPS) is 18.9. The number of nitrogen functional groups attached to an aromatic ring is 1. The van der Waals surface area contributed by atoms with E-state index in [1.807, 2.05) is 30.3 Å². The van der Waals surface area contributed by atoms with Gasteiger partial charge in [0.1, 0.15) is 5.82 Å². The highest BCUT2D eigenvalue weighted by atomic mass is 16.7. The van der Waals surface area contributed by atoms with E-state index in [1.165, 1.54) is 5.56 Å². The van der Waals surface area contributed by atoms with Gasteiger partial charge in [0.05, 0.1) is 11.6 Å². The third kappa shape index (κ3) is 2.33. The molecule has 126 valence electrons. The Kier molecular flexibility index (Phi) is 3.16. The van der Waals surface area contributed by atoms with Gasteiger partial charge in [-0.15, -0.1) is 0 Å². The molecule has 1 unspecified atom stereocenters. The second-order valence-electron chi connectivity index (χ2n) is 6.39. The van der Waals surface area contributed by atoms with E-state index in [0.717, 1.165) is 41.8 Å². The topological polar surface area (TPSA) is 73.5 Å². The lowest BCUT2D eigenvalue weighted by Crippen LogP contribution is -2.25. The first-order valence-corrected chi connectivity index (χ1v) is 8.48. The molecule has 6 nitrogen and oxygen atoms in total. The van der Waals surface area contributed by atoms with Crippen molar-refractivity contribution in [3.05, 3.63) is 48.0 Å². The fraction of sp³-hybridized carbons (Fsp3) is 0.263. The van der Waals surface area contributed by atoms with Gasteiger partial charge in [0, 0.05) is 11.9 Å². The summed E-state index contributed by atoms with van der Waals surface area (Å²) >= 11 is 0. The van der Waals surface area contributed by atoms with Crippen LogP contribution in [-0.4, -0.2) is 23.3 Å². The largest absolute Gasteiger partial charge is 0.454 e. The van der Waals surface area contributed by atoms with Crippen molar-refractivity contribution >= 4 is 22.7 Å². The molecule has 6 heteroatoms. The van der Waals surface area contributed by atoms with Crippen molar-refractivity contribution in [2.24, 2.45) is 0 Å². The zero-order valence-corrected chi connectivity index (χ0v) is 13.7. The summed E-state index contributed by atoms with van der Waals surface area (Å²) in [4.78, 5) is 11.5. The Hall–Kier alpha value is -3.02. The van der Waals surface area contributed by atoms with Crippen LogP contribution in [0.1, 0.15) is 24.4 Å². The second kappa shape index (κ2) is 5.51. The lowest BCUT2D eigenvalue weighted by molar-refractivity contribution is 0.174. The first-order valence-electron chi connectivity index (χ1n) is 8.48. The third-order valence-corrected chi connectivity index (χ3v) is 4.91. The molecular formula is C19H18N4O2. The first kappa shape index (κ1) is 14.3. The number of hydrogen-bond acceptors (Lipinski definition) is 6. The van der Waals surface area contributed by atoms with Crippen molar-refractivity contribution in [1.29, 1.82) is 0 Å². The van der Waals surface area contributed by atoms with Gasteiger partial charge in [0.25, 0.3) is 0 Å². The van der Waals surface area contributed by atoms with Crippen LogP contribution in [0.2, 0.25) is 0 Å². The molecule has 1 saturated heterocycles. The number of rotatable bonds is 2. The van der Waals surface area contributed by atoms with Gasteiger partial charge in [-0.1, -0.05) is 18.2 Å². The number of benzene rings is 2. The minimum Gasteiger partial charge on any atom is -0.454 e. The highest BCUT2D eigenvalue weighted by Crippen LogP contribution is 2.40. The standard InChI is InChI=1S/C19H18N4O2/c20-18-13-4-1-2-5-14(13)21-19(22-18)23-9-3-6-15(23)12-7-8-16-17(10-12)25-11-24-16/h1-2,4-5,7-8,10,15H,3,6,9,11H2,(H2,20,21,22). The van der Waals surface area contributed by atoms with Crippen LogP contribution in [0, 0.1) is 0 Å². The molecule has 3 aromatic rings. The summed E-state index contributed by atoms with van der Waals surface area (Å²) in [5.41, 5.74) is 8.24. The number of ether oxygens (including phenoxy) is 2. The molecule has 1 aromatic heterocycles. The molecule has 0 amide bonds. The Labute approximate surface area is 145 Å². The number of fused-ring (bicyclic) bond motifs is 2. The quantitative estimate of drug-likeness (QED) is 0.775. The molecule has 2 aromatic carbocycles. The van der Waals surface area contributed by atoms with E-state index in [0.29, 0.717) is 11.8 Å². The molecule has 0 saturated carbocycles. The van der Waals surface area contributed by atoms with Gasteiger partial charge in [0.2, 0.25) is 12.7 Å². The molecule has 2 N–H and O–H groups in total. The van der Waals surface area contributed by atoms with Crippen molar-refractivity contribution in [3.63, 3.8) is 0 Å². The summed E-state index contributed by atoms with van der Waals surface area (Å²) in [5, 5.41) is 0.894. The Morgan fingerprint density at radius 2 is 1.92 bits per heavy atom. The molecule has 0 aliphatic carbocycles. The summed E-state index contributed by atoms with van der Waals surface area (Å²) < 4.78 is 10.9. The van der Waals surface area contributed by atoms with Crippen molar-refractivity contribution < 1.29 is 9.47 Å². The van der Waals surface area contributed by atoms with Crippen LogP contribution in [0.3, 0.4) is 0 Å². The summed E-state index contributed by atoms with van der Waals surface area (Å²) in [6, 6.07) is 14.2. The summed E-state index contributed by atoms with van der Waals surface area (Å²) in [6.45, 7) is 1.20. The van der Waals surface area contributed by atoms with Gasteiger partial charge in [0.15, 0.2) is 11.5 Å². The molecule has 3 heterocycles. The molecule has 0 spiro atoms. The van der Waals surface area contributed by atoms with Crippen LogP contribution >= 0.6 is 0 Å². The summed E-state index contributed by atoms with van der Waals surface area (Å²) in [7, 11) is 0. The van der Waals surface area contributed by atoms with Crippen LogP contribution in [0.4, 0.5) is 11.8 Å². The average Bonchev–Trinajstić information content (AvgIpc) is 3.30. The third-order valence-electron chi connectivity index (χ3n) is 4.91. The van der Waals surface area contributed by atoms with E-state index in [4.69, 9.17) is 20.2 Å². The van der Waals surface area contributed by atoms with E-state index in [9.17, 15) is 0 Å². The van der Waals surface area contributed by atoms with Crippen molar-refractivity contribution in [1.82, 2.24) is 9.97 Å². The smallest absolute Gasteiger partial charge is 0.231 e. The maximum Gasteiger partial charge on any atom is 0.231 e. The predicted molar refractivity (Wildman–Crippen MR) is 95.8 cm³/mol. The predicted octanol–water partition coefficient (Wildman–Crippen LogP) is 3.28. The molecule has 1 fully saturated rings. The van der Waals surface area contributed by atoms with Gasteiger partial charge in [-0.25, -0.2) is 4.98 Å². The van der Waals surface area contributed by atoms with Gasteiger partial charge in [-0.2, -0.15) is 4.98 Å². The number of anilines is 2. The van der Waals surface area contributed by atoms with Gasteiger partial charge in [-0.05, 0) is 42.7 Å². The minimum atomic E-state index is 0.218. The van der Waals surface area contributed by atoms with Crippen molar-refractivity contribution in [3.8, 4) is 11.5 Å². The molecule has 25 heavy (non-hydrogen) atoms. The van der Waals surface area contributed by atoms with Crippen molar-refractivity contribution in [2.75, 3.05) is 24.0 Å². The van der Waals surface area contributed by atoms with Gasteiger partial charge in [-0.3, -0.25) is 0 Å². The molecule has 2 aliphatic heterocycles. The molecule has 1 atom stereocenters. The number of nitrogens with zero attached hydrogens (tertiary/aromatic N) is 3. The van der Waals surface area contributed by atoms with Crippen LogP contribution in [0.5, 0.6) is 11.5 Å². The van der Waals surface area contributed by atoms with Crippen LogP contribution in [0.25, 0.3) is 10.9 Å². The Morgan fingerprint density at radius 1 is 1.04 bits per heavy atom. The SMILES string of the molecule is Nc1nc(N2CCCC2c2ccc3c(c2)OCO3)nc2ccccc12. The lowest BCUT2D eigenvalue weighted by atomic mass is 10.0. The fourth-order valence-electron chi connectivity index (χ4n) is 3.69. The van der Waals surface area contributed by atoms with Crippen LogP contribution in [0.15, 0.2) is 42.5 Å².